The molecule has 0 fully saturated rings. The van der Waals surface area contributed by atoms with E-state index in [0.29, 0.717) is 6.54 Å². The Morgan fingerprint density at radius 2 is 1.36 bits per heavy atom. The van der Waals surface area contributed by atoms with Gasteiger partial charge in [-0.05, 0) is 19.5 Å². The third kappa shape index (κ3) is 20.1. The van der Waals surface area contributed by atoms with E-state index in [9.17, 15) is 19.2 Å². The van der Waals surface area contributed by atoms with E-state index in [4.69, 9.17) is 20.4 Å². The van der Waals surface area contributed by atoms with Crippen LogP contribution in [0.3, 0.4) is 0 Å². The first-order chi connectivity index (χ1) is 10.2. The second-order valence-electron chi connectivity index (χ2n) is 4.17. The summed E-state index contributed by atoms with van der Waals surface area (Å²) in [5, 5.41) is 35.9. The Balaban J connectivity index is 0. The quantitative estimate of drug-likeness (QED) is 0.318. The lowest BCUT2D eigenvalue weighted by Gasteiger charge is -2.16. The molecule has 0 saturated heterocycles. The number of carboxylic acids is 4. The van der Waals surface area contributed by atoms with Crippen molar-refractivity contribution in [2.75, 3.05) is 32.7 Å². The van der Waals surface area contributed by atoms with Crippen molar-refractivity contribution >= 4 is 23.9 Å². The molecule has 0 aromatic heterocycles. The van der Waals surface area contributed by atoms with E-state index in [-0.39, 0.29) is 25.9 Å². The number of rotatable bonds is 11. The molecule has 0 unspecified atom stereocenters. The van der Waals surface area contributed by atoms with Crippen molar-refractivity contribution in [2.24, 2.45) is 0 Å². The largest absolute Gasteiger partial charge is 0.481 e. The third-order valence-electron chi connectivity index (χ3n) is 2.11. The maximum atomic E-state index is 10.3. The second kappa shape index (κ2) is 13.8. The van der Waals surface area contributed by atoms with Gasteiger partial charge in [0.25, 0.3) is 0 Å². The highest BCUT2D eigenvalue weighted by Gasteiger charge is 2.13. The number of likely N-dealkylation sites (N-methyl/N-ethyl adjacent to an activating group) is 1. The summed E-state index contributed by atoms with van der Waals surface area (Å²) in [6, 6.07) is 0. The smallest absolute Gasteiger partial charge is 0.317 e. The average molecular weight is 322 g/mol. The van der Waals surface area contributed by atoms with Crippen molar-refractivity contribution in [1.82, 2.24) is 10.2 Å². The van der Waals surface area contributed by atoms with Crippen molar-refractivity contribution in [1.29, 1.82) is 0 Å². The number of nitrogens with zero attached hydrogens (tertiary/aromatic N) is 1. The Labute approximate surface area is 127 Å². The van der Waals surface area contributed by atoms with Crippen molar-refractivity contribution in [3.63, 3.8) is 0 Å². The molecule has 0 spiro atoms. The van der Waals surface area contributed by atoms with E-state index in [2.05, 4.69) is 5.32 Å². The fraction of sp³-hybridized carbons (Fsp3) is 0.667. The van der Waals surface area contributed by atoms with Gasteiger partial charge in [0, 0.05) is 6.42 Å². The van der Waals surface area contributed by atoms with Crippen molar-refractivity contribution < 1.29 is 39.6 Å². The number of carbonyl (C=O) groups is 4. The Kier molecular flexibility index (Phi) is 13.8. The van der Waals surface area contributed by atoms with Gasteiger partial charge < -0.3 is 25.7 Å². The van der Waals surface area contributed by atoms with Crippen LogP contribution in [0.5, 0.6) is 0 Å². The molecular weight excluding hydrogens is 300 g/mol. The summed E-state index contributed by atoms with van der Waals surface area (Å²) < 4.78 is 0. The highest BCUT2D eigenvalue weighted by atomic mass is 16.4. The molecule has 22 heavy (non-hydrogen) atoms. The molecule has 5 N–H and O–H groups in total. The van der Waals surface area contributed by atoms with Crippen molar-refractivity contribution in [2.45, 2.75) is 19.8 Å². The second-order valence-corrected chi connectivity index (χ2v) is 4.17. The molecule has 0 bridgehead atoms. The maximum Gasteiger partial charge on any atom is 0.317 e. The van der Waals surface area contributed by atoms with Gasteiger partial charge in [0.05, 0.1) is 19.6 Å². The lowest BCUT2D eigenvalue weighted by Crippen LogP contribution is -2.35. The van der Waals surface area contributed by atoms with Gasteiger partial charge in [0.1, 0.15) is 0 Å². The summed E-state index contributed by atoms with van der Waals surface area (Å²) in [5.74, 6) is -4.06. The molecule has 0 amide bonds. The Morgan fingerprint density at radius 1 is 0.864 bits per heavy atom. The fourth-order valence-corrected chi connectivity index (χ4v) is 1.28. The summed E-state index contributed by atoms with van der Waals surface area (Å²) in [4.78, 5) is 41.7. The highest BCUT2D eigenvalue weighted by molar-refractivity contribution is 5.72. The zero-order valence-electron chi connectivity index (χ0n) is 12.3. The monoisotopic (exact) mass is 322 g/mol. The Morgan fingerprint density at radius 3 is 1.64 bits per heavy atom. The van der Waals surface area contributed by atoms with Crippen LogP contribution in [0.1, 0.15) is 19.8 Å². The number of aliphatic carboxylic acids is 4. The van der Waals surface area contributed by atoms with E-state index in [1.807, 2.05) is 6.92 Å². The van der Waals surface area contributed by atoms with Gasteiger partial charge in [0.2, 0.25) is 0 Å². The minimum Gasteiger partial charge on any atom is -0.481 e. The molecular formula is C12H22N2O8. The summed E-state index contributed by atoms with van der Waals surface area (Å²) in [5.41, 5.74) is 0. The first-order valence-electron chi connectivity index (χ1n) is 6.49. The lowest BCUT2D eigenvalue weighted by molar-refractivity contribution is -0.142. The van der Waals surface area contributed by atoms with Crippen LogP contribution in [0.2, 0.25) is 0 Å². The lowest BCUT2D eigenvalue weighted by atomic mass is 10.3. The van der Waals surface area contributed by atoms with E-state index in [1.165, 1.54) is 4.90 Å². The average Bonchev–Trinajstić information content (AvgIpc) is 2.35. The van der Waals surface area contributed by atoms with Crippen LogP contribution in [-0.4, -0.2) is 81.9 Å². The van der Waals surface area contributed by atoms with Gasteiger partial charge in [-0.1, -0.05) is 6.92 Å². The van der Waals surface area contributed by atoms with Crippen molar-refractivity contribution in [3.8, 4) is 0 Å². The molecule has 10 nitrogen and oxygen atoms in total. The number of hydrogen-bond donors (Lipinski definition) is 5. The number of carboxylic acid groups (broad SMARTS) is 4. The predicted octanol–water partition coefficient (Wildman–Crippen LogP) is -0.997. The topological polar surface area (TPSA) is 164 Å². The van der Waals surface area contributed by atoms with Crippen LogP contribution in [0, 0.1) is 0 Å². The molecule has 0 saturated carbocycles. The van der Waals surface area contributed by atoms with Gasteiger partial charge >= 0.3 is 23.9 Å². The van der Waals surface area contributed by atoms with Gasteiger partial charge in [-0.3, -0.25) is 24.1 Å². The van der Waals surface area contributed by atoms with Crippen LogP contribution in [0.25, 0.3) is 0 Å². The Bertz CT molecular complexity index is 356. The standard InChI is InChI=1S/C8H13NO6.C4H9NO2/c10-6(11)2-1-3-9(4-7(12)13)5-8(14)15;1-2-5-3-4(6)7/h1-5H2,(H,10,11)(H,12,13)(H,14,15);5H,2-3H2,1H3,(H,6,7). The minimum atomic E-state index is -1.13. The van der Waals surface area contributed by atoms with Crippen molar-refractivity contribution in [3.05, 3.63) is 0 Å². The Hall–Kier alpha value is -2.20. The fourth-order valence-electron chi connectivity index (χ4n) is 1.28. The number of nitrogens with one attached hydrogen (secondary N) is 1. The van der Waals surface area contributed by atoms with E-state index in [0.717, 1.165) is 0 Å². The van der Waals surface area contributed by atoms with Crippen LogP contribution in [-0.2, 0) is 19.2 Å². The highest BCUT2D eigenvalue weighted by Crippen LogP contribution is 1.95. The van der Waals surface area contributed by atoms with Crippen LogP contribution < -0.4 is 5.32 Å². The van der Waals surface area contributed by atoms with Crippen LogP contribution in [0.4, 0.5) is 0 Å². The van der Waals surface area contributed by atoms with Crippen LogP contribution in [0.15, 0.2) is 0 Å². The summed E-state index contributed by atoms with van der Waals surface area (Å²) >= 11 is 0. The molecule has 0 aromatic rings. The molecule has 0 atom stereocenters. The molecule has 0 aliphatic heterocycles. The zero-order valence-corrected chi connectivity index (χ0v) is 12.3. The molecule has 0 rings (SSSR count). The molecule has 0 aromatic carbocycles. The molecule has 0 heterocycles. The number of hydrogen-bond acceptors (Lipinski definition) is 6. The van der Waals surface area contributed by atoms with Gasteiger partial charge in [-0.25, -0.2) is 0 Å². The first-order valence-corrected chi connectivity index (χ1v) is 6.49. The molecule has 0 aliphatic carbocycles. The first kappa shape index (κ1) is 22.1. The van der Waals surface area contributed by atoms with Gasteiger partial charge in [-0.2, -0.15) is 0 Å². The zero-order chi connectivity index (χ0) is 17.5. The third-order valence-corrected chi connectivity index (χ3v) is 2.11. The van der Waals surface area contributed by atoms with E-state index >= 15 is 0 Å². The summed E-state index contributed by atoms with van der Waals surface area (Å²) in [6.07, 6.45) is 0.131. The van der Waals surface area contributed by atoms with Gasteiger partial charge in [-0.15, -0.1) is 0 Å². The molecule has 0 aliphatic rings. The SMILES string of the molecule is CCNCC(=O)O.O=C(O)CCCN(CC(=O)O)CC(=O)O. The summed E-state index contributed by atoms with van der Waals surface area (Å²) in [6.45, 7) is 1.99. The van der Waals surface area contributed by atoms with Crippen LogP contribution >= 0.6 is 0 Å². The summed E-state index contributed by atoms with van der Waals surface area (Å²) in [7, 11) is 0. The predicted molar refractivity (Wildman–Crippen MR) is 74.8 cm³/mol. The molecule has 128 valence electrons. The minimum absolute atomic E-state index is 0.0660. The normalized spacial score (nSPS) is 9.73. The van der Waals surface area contributed by atoms with E-state index in [1.54, 1.807) is 0 Å². The maximum absolute atomic E-state index is 10.3. The molecule has 0 radical (unpaired) electrons. The molecule has 10 heteroatoms. The van der Waals surface area contributed by atoms with E-state index < -0.39 is 37.0 Å². The van der Waals surface area contributed by atoms with Gasteiger partial charge in [0.15, 0.2) is 0 Å².